The van der Waals surface area contributed by atoms with Crippen molar-refractivity contribution in [3.63, 3.8) is 0 Å². The lowest BCUT2D eigenvalue weighted by Crippen LogP contribution is -1.86. The molecule has 0 atom stereocenters. The Morgan fingerprint density at radius 1 is 0.652 bits per heavy atom. The lowest BCUT2D eigenvalue weighted by molar-refractivity contribution is 1.55. The molecule has 23 heavy (non-hydrogen) atoms. The van der Waals surface area contributed by atoms with E-state index in [9.17, 15) is 0 Å². The lowest BCUT2D eigenvalue weighted by atomic mass is 9.98. The molecule has 3 aromatic rings. The first-order valence-corrected chi connectivity index (χ1v) is 8.01. The van der Waals surface area contributed by atoms with Crippen LogP contribution in [-0.4, -0.2) is 0 Å². The summed E-state index contributed by atoms with van der Waals surface area (Å²) in [7, 11) is 0. The van der Waals surface area contributed by atoms with Gasteiger partial charge in [0, 0.05) is 15.6 Å². The molecule has 0 aliphatic heterocycles. The van der Waals surface area contributed by atoms with Crippen molar-refractivity contribution in [3.8, 4) is 0 Å². The fourth-order valence-electron chi connectivity index (χ4n) is 2.27. The summed E-state index contributed by atoms with van der Waals surface area (Å²) >= 11 is 12.0. The third-order valence-corrected chi connectivity index (χ3v) is 3.95. The molecule has 0 saturated heterocycles. The van der Waals surface area contributed by atoms with Crippen LogP contribution >= 0.6 is 23.2 Å². The Hall–Kier alpha value is -2.24. The molecule has 3 aromatic carbocycles. The highest BCUT2D eigenvalue weighted by atomic mass is 35.5. The molecule has 0 spiro atoms. The van der Waals surface area contributed by atoms with E-state index in [4.69, 9.17) is 23.2 Å². The minimum atomic E-state index is 0.719. The molecular weight excluding hydrogens is 323 g/mol. The minimum Gasteiger partial charge on any atom is -0.111 e. The Kier molecular flexibility index (Phi) is 5.00. The van der Waals surface area contributed by atoms with Gasteiger partial charge >= 0.3 is 0 Å². The molecule has 0 heterocycles. The maximum Gasteiger partial charge on any atom is 0.0406 e. The summed E-state index contributed by atoms with van der Waals surface area (Å²) in [5.74, 6) is 0. The van der Waals surface area contributed by atoms with Gasteiger partial charge in [-0.25, -0.2) is 0 Å². The summed E-state index contributed by atoms with van der Waals surface area (Å²) in [5.41, 5.74) is 7.64. The van der Waals surface area contributed by atoms with Crippen molar-refractivity contribution in [1.29, 1.82) is 0 Å². The summed E-state index contributed by atoms with van der Waals surface area (Å²) in [4.78, 5) is 0. The highest BCUT2D eigenvalue weighted by molar-refractivity contribution is 6.31. The zero-order chi connectivity index (χ0) is 16.1. The molecule has 0 aliphatic rings. The SMILES string of the molecule is Clc1ccc(C(=C=Cc2ccccc2)c2ccc(Cl)cc2)cc1. The van der Waals surface area contributed by atoms with E-state index in [1.807, 2.05) is 84.9 Å². The molecule has 0 N–H and O–H groups in total. The van der Waals surface area contributed by atoms with Crippen LogP contribution < -0.4 is 0 Å². The maximum absolute atomic E-state index is 6.00. The zero-order valence-electron chi connectivity index (χ0n) is 12.3. The van der Waals surface area contributed by atoms with Gasteiger partial charge in [0.05, 0.1) is 0 Å². The molecule has 0 fully saturated rings. The van der Waals surface area contributed by atoms with E-state index in [2.05, 4.69) is 5.73 Å². The van der Waals surface area contributed by atoms with Gasteiger partial charge in [-0.05, 0) is 47.0 Å². The average Bonchev–Trinajstić information content (AvgIpc) is 2.59. The number of rotatable bonds is 3. The van der Waals surface area contributed by atoms with Gasteiger partial charge < -0.3 is 0 Å². The Bertz CT molecular complexity index is 791. The Balaban J connectivity index is 2.11. The third-order valence-electron chi connectivity index (χ3n) is 3.45. The first kappa shape index (κ1) is 15.6. The number of hydrogen-bond donors (Lipinski definition) is 0. The van der Waals surface area contributed by atoms with Crippen LogP contribution in [0.5, 0.6) is 0 Å². The van der Waals surface area contributed by atoms with Crippen LogP contribution in [0, 0.1) is 0 Å². The first-order valence-electron chi connectivity index (χ1n) is 7.26. The number of halogens is 2. The van der Waals surface area contributed by atoms with Gasteiger partial charge in [-0.15, -0.1) is 5.73 Å². The van der Waals surface area contributed by atoms with E-state index in [1.165, 1.54) is 0 Å². The fourth-order valence-corrected chi connectivity index (χ4v) is 2.52. The standard InChI is InChI=1S/C21H14Cl2/c22-19-11-7-17(8-12-19)21(18-9-13-20(23)14-10-18)15-6-16-4-2-1-3-5-16/h1-14H. The van der Waals surface area contributed by atoms with Crippen molar-refractivity contribution >= 4 is 34.9 Å². The first-order chi connectivity index (χ1) is 11.2. The van der Waals surface area contributed by atoms with Crippen molar-refractivity contribution < 1.29 is 0 Å². The molecule has 3 rings (SSSR count). The second kappa shape index (κ2) is 7.35. The Labute approximate surface area is 146 Å². The molecular formula is C21H14Cl2. The van der Waals surface area contributed by atoms with Gasteiger partial charge in [-0.2, -0.15) is 0 Å². The summed E-state index contributed by atoms with van der Waals surface area (Å²) in [5, 5.41) is 1.44. The van der Waals surface area contributed by atoms with Crippen molar-refractivity contribution in [1.82, 2.24) is 0 Å². The van der Waals surface area contributed by atoms with Gasteiger partial charge in [0.1, 0.15) is 0 Å². The van der Waals surface area contributed by atoms with Crippen LogP contribution in [0.3, 0.4) is 0 Å². The maximum atomic E-state index is 6.00. The van der Waals surface area contributed by atoms with E-state index in [0.717, 1.165) is 32.3 Å². The predicted octanol–water partition coefficient (Wildman–Crippen LogP) is 6.74. The number of hydrogen-bond acceptors (Lipinski definition) is 0. The van der Waals surface area contributed by atoms with E-state index in [-0.39, 0.29) is 0 Å². The van der Waals surface area contributed by atoms with Crippen LogP contribution in [0.25, 0.3) is 11.6 Å². The molecule has 0 unspecified atom stereocenters. The van der Waals surface area contributed by atoms with Crippen LogP contribution in [0.4, 0.5) is 0 Å². The van der Waals surface area contributed by atoms with Crippen molar-refractivity contribution in [2.24, 2.45) is 0 Å². The molecule has 0 aliphatic carbocycles. The molecule has 112 valence electrons. The van der Waals surface area contributed by atoms with Crippen molar-refractivity contribution in [2.75, 3.05) is 0 Å². The van der Waals surface area contributed by atoms with Crippen LogP contribution in [0.2, 0.25) is 10.0 Å². The highest BCUT2D eigenvalue weighted by Gasteiger charge is 2.04. The topological polar surface area (TPSA) is 0 Å². The monoisotopic (exact) mass is 336 g/mol. The minimum absolute atomic E-state index is 0.719. The van der Waals surface area contributed by atoms with Crippen LogP contribution in [0.1, 0.15) is 16.7 Å². The molecule has 0 bridgehead atoms. The van der Waals surface area contributed by atoms with Gasteiger partial charge in [0.15, 0.2) is 0 Å². The van der Waals surface area contributed by atoms with Gasteiger partial charge in [-0.1, -0.05) is 77.8 Å². The second-order valence-corrected chi connectivity index (χ2v) is 5.96. The van der Waals surface area contributed by atoms with Gasteiger partial charge in [-0.3, -0.25) is 0 Å². The lowest BCUT2D eigenvalue weighted by Gasteiger charge is -2.06. The molecule has 2 heteroatoms. The quantitative estimate of drug-likeness (QED) is 0.464. The fraction of sp³-hybridized carbons (Fsp3) is 0. The van der Waals surface area contributed by atoms with E-state index in [1.54, 1.807) is 0 Å². The second-order valence-electron chi connectivity index (χ2n) is 5.09. The highest BCUT2D eigenvalue weighted by Crippen LogP contribution is 2.25. The molecule has 0 radical (unpaired) electrons. The smallest absolute Gasteiger partial charge is 0.0406 e. The molecule has 0 nitrogen and oxygen atoms in total. The Morgan fingerprint density at radius 2 is 1.13 bits per heavy atom. The molecule has 0 saturated carbocycles. The van der Waals surface area contributed by atoms with Crippen molar-refractivity contribution in [2.45, 2.75) is 0 Å². The average molecular weight is 337 g/mol. The Morgan fingerprint density at radius 3 is 1.61 bits per heavy atom. The normalized spacial score (nSPS) is 10.0. The summed E-state index contributed by atoms with van der Waals surface area (Å²) in [6.07, 6.45) is 1.98. The van der Waals surface area contributed by atoms with E-state index in [0.29, 0.717) is 0 Å². The van der Waals surface area contributed by atoms with Gasteiger partial charge in [0.2, 0.25) is 0 Å². The third kappa shape index (κ3) is 4.15. The predicted molar refractivity (Wildman–Crippen MR) is 99.8 cm³/mol. The van der Waals surface area contributed by atoms with Gasteiger partial charge in [0.25, 0.3) is 0 Å². The zero-order valence-corrected chi connectivity index (χ0v) is 13.9. The summed E-state index contributed by atoms with van der Waals surface area (Å²) in [6.45, 7) is 0. The molecule has 0 amide bonds. The van der Waals surface area contributed by atoms with Crippen LogP contribution in [-0.2, 0) is 0 Å². The van der Waals surface area contributed by atoms with E-state index < -0.39 is 0 Å². The van der Waals surface area contributed by atoms with E-state index >= 15 is 0 Å². The summed E-state index contributed by atoms with van der Waals surface area (Å²) < 4.78 is 0. The molecule has 0 aromatic heterocycles. The van der Waals surface area contributed by atoms with Crippen LogP contribution in [0.15, 0.2) is 84.6 Å². The largest absolute Gasteiger partial charge is 0.111 e. The van der Waals surface area contributed by atoms with Crippen molar-refractivity contribution in [3.05, 3.63) is 111 Å². The number of benzene rings is 3. The summed E-state index contributed by atoms with van der Waals surface area (Å²) in [6, 6.07) is 25.7.